The lowest BCUT2D eigenvalue weighted by molar-refractivity contribution is -0.137. The summed E-state index contributed by atoms with van der Waals surface area (Å²) < 4.78 is 49.2. The first kappa shape index (κ1) is 12.2. The fraction of sp³-hybridized carbons (Fsp3) is 0.125. The zero-order chi connectivity index (χ0) is 11.6. The molecule has 0 bridgehead atoms. The molecule has 0 amide bonds. The average molecular weight is 258 g/mol. The van der Waals surface area contributed by atoms with E-state index in [1.165, 1.54) is 0 Å². The molecule has 0 atom stereocenters. The van der Waals surface area contributed by atoms with Gasteiger partial charge in [0.1, 0.15) is 5.82 Å². The van der Waals surface area contributed by atoms with Crippen LogP contribution in [0.4, 0.5) is 23.2 Å². The Morgan fingerprint density at radius 2 is 1.87 bits per heavy atom. The van der Waals surface area contributed by atoms with E-state index in [4.69, 9.17) is 11.6 Å². The highest BCUT2D eigenvalue weighted by Crippen LogP contribution is 2.31. The summed E-state index contributed by atoms with van der Waals surface area (Å²) in [4.78, 5) is 0. The summed E-state index contributed by atoms with van der Waals surface area (Å²) in [5.74, 6) is -1.01. The van der Waals surface area contributed by atoms with Gasteiger partial charge in [0.25, 0.3) is 0 Å². The number of halogens is 5. The van der Waals surface area contributed by atoms with Gasteiger partial charge in [-0.05, 0) is 30.4 Å². The zero-order valence-corrected chi connectivity index (χ0v) is 8.60. The monoisotopic (exact) mass is 257 g/mol. The van der Waals surface area contributed by atoms with Gasteiger partial charge in [-0.15, -0.1) is 0 Å². The number of thiocarbonyl (C=S) groups is 1. The van der Waals surface area contributed by atoms with Gasteiger partial charge in [0, 0.05) is 5.69 Å². The molecule has 7 heteroatoms. The maximum atomic E-state index is 12.8. The fourth-order valence-electron chi connectivity index (χ4n) is 0.939. The molecule has 0 saturated heterocycles. The van der Waals surface area contributed by atoms with Crippen molar-refractivity contribution >= 4 is 34.0 Å². The molecule has 0 aliphatic rings. The van der Waals surface area contributed by atoms with Crippen LogP contribution in [0.5, 0.6) is 0 Å². The van der Waals surface area contributed by atoms with E-state index < -0.39 is 17.6 Å². The first-order valence-electron chi connectivity index (χ1n) is 3.63. The Labute approximate surface area is 93.0 Å². The van der Waals surface area contributed by atoms with Gasteiger partial charge in [0.15, 0.2) is 4.45 Å². The Balaban J connectivity index is 3.11. The van der Waals surface area contributed by atoms with Crippen LogP contribution < -0.4 is 5.32 Å². The van der Waals surface area contributed by atoms with Crippen molar-refractivity contribution in [3.63, 3.8) is 0 Å². The number of rotatable bonds is 1. The molecular formula is C8H4ClF4NS. The lowest BCUT2D eigenvalue weighted by atomic mass is 10.2. The number of hydrogen-bond donors (Lipinski definition) is 1. The first-order chi connectivity index (χ1) is 6.79. The molecule has 0 saturated carbocycles. The van der Waals surface area contributed by atoms with Gasteiger partial charge < -0.3 is 5.32 Å². The minimum absolute atomic E-state index is 0.137. The van der Waals surface area contributed by atoms with Crippen LogP contribution in [0.3, 0.4) is 0 Å². The number of hydrogen-bond acceptors (Lipinski definition) is 1. The van der Waals surface area contributed by atoms with Crippen molar-refractivity contribution < 1.29 is 17.6 Å². The van der Waals surface area contributed by atoms with Gasteiger partial charge in [-0.1, -0.05) is 11.6 Å². The molecule has 15 heavy (non-hydrogen) atoms. The molecule has 0 spiro atoms. The third-order valence-electron chi connectivity index (χ3n) is 1.47. The van der Waals surface area contributed by atoms with Gasteiger partial charge in [-0.2, -0.15) is 13.2 Å². The Morgan fingerprint density at radius 3 is 2.33 bits per heavy atom. The van der Waals surface area contributed by atoms with Crippen molar-refractivity contribution in [1.29, 1.82) is 0 Å². The highest BCUT2D eigenvalue weighted by Gasteiger charge is 2.31. The molecule has 0 fully saturated rings. The lowest BCUT2D eigenvalue weighted by Gasteiger charge is -2.09. The van der Waals surface area contributed by atoms with Crippen LogP contribution in [0, 0.1) is 5.82 Å². The summed E-state index contributed by atoms with van der Waals surface area (Å²) in [6, 6.07) is 1.98. The molecule has 0 heterocycles. The first-order valence-corrected chi connectivity index (χ1v) is 4.42. The predicted octanol–water partition coefficient (Wildman–Crippen LogP) is 3.78. The van der Waals surface area contributed by atoms with Crippen molar-refractivity contribution in [1.82, 2.24) is 0 Å². The maximum Gasteiger partial charge on any atom is 0.416 e. The molecule has 0 aromatic heterocycles. The standard InChI is InChI=1S/C8H4ClF4NS/c9-7(15)14-6-2-4(8(11,12)13)1-5(10)3-6/h1-3H,(H,14,15). The molecule has 1 nitrogen and oxygen atoms in total. The van der Waals surface area contributed by atoms with Crippen LogP contribution >= 0.6 is 23.8 Å². The minimum Gasteiger partial charge on any atom is -0.337 e. The van der Waals surface area contributed by atoms with Crippen LogP contribution in [0.25, 0.3) is 0 Å². The zero-order valence-electron chi connectivity index (χ0n) is 7.03. The largest absolute Gasteiger partial charge is 0.416 e. The van der Waals surface area contributed by atoms with Crippen LogP contribution in [0.15, 0.2) is 18.2 Å². The molecule has 0 aliphatic carbocycles. The minimum atomic E-state index is -4.60. The highest BCUT2D eigenvalue weighted by molar-refractivity contribution is 7.83. The molecule has 82 valence electrons. The Kier molecular flexibility index (Phi) is 3.51. The van der Waals surface area contributed by atoms with E-state index >= 15 is 0 Å². The van der Waals surface area contributed by atoms with E-state index in [1.807, 2.05) is 0 Å². The van der Waals surface area contributed by atoms with Gasteiger partial charge in [-0.3, -0.25) is 0 Å². The predicted molar refractivity (Wildman–Crippen MR) is 53.5 cm³/mol. The normalized spacial score (nSPS) is 11.3. The van der Waals surface area contributed by atoms with Crippen LogP contribution in [0.1, 0.15) is 5.56 Å². The van der Waals surface area contributed by atoms with Crippen molar-refractivity contribution in [2.24, 2.45) is 0 Å². The fourth-order valence-corrected chi connectivity index (χ4v) is 1.17. The summed E-state index contributed by atoms with van der Waals surface area (Å²) in [5.41, 5.74) is -1.24. The third kappa shape index (κ3) is 3.64. The molecule has 0 radical (unpaired) electrons. The van der Waals surface area contributed by atoms with E-state index in [-0.39, 0.29) is 10.1 Å². The topological polar surface area (TPSA) is 12.0 Å². The van der Waals surface area contributed by atoms with E-state index in [0.717, 1.165) is 12.1 Å². The van der Waals surface area contributed by atoms with E-state index in [1.54, 1.807) is 0 Å². The van der Waals surface area contributed by atoms with Crippen LogP contribution in [-0.4, -0.2) is 4.45 Å². The number of nitrogens with one attached hydrogen (secondary N) is 1. The second-order valence-corrected chi connectivity index (χ2v) is 3.64. The Hall–Kier alpha value is -0.880. The van der Waals surface area contributed by atoms with Crippen LogP contribution in [0.2, 0.25) is 0 Å². The van der Waals surface area contributed by atoms with E-state index in [9.17, 15) is 17.6 Å². The van der Waals surface area contributed by atoms with Crippen LogP contribution in [-0.2, 0) is 6.18 Å². The summed E-state index contributed by atoms with van der Waals surface area (Å²) in [5, 5.41) is 2.21. The number of alkyl halides is 3. The smallest absolute Gasteiger partial charge is 0.337 e. The van der Waals surface area contributed by atoms with Gasteiger partial charge in [0.05, 0.1) is 5.56 Å². The van der Waals surface area contributed by atoms with Gasteiger partial charge in [-0.25, -0.2) is 4.39 Å². The third-order valence-corrected chi connectivity index (χ3v) is 1.66. The Morgan fingerprint density at radius 1 is 1.27 bits per heavy atom. The average Bonchev–Trinajstić information content (AvgIpc) is 1.99. The second-order valence-electron chi connectivity index (χ2n) is 2.63. The summed E-state index contributed by atoms with van der Waals surface area (Å²) >= 11 is 9.66. The summed E-state index contributed by atoms with van der Waals surface area (Å²) in [7, 11) is 0. The van der Waals surface area contributed by atoms with E-state index in [2.05, 4.69) is 17.5 Å². The van der Waals surface area contributed by atoms with Gasteiger partial charge in [0.2, 0.25) is 0 Å². The van der Waals surface area contributed by atoms with Crippen molar-refractivity contribution in [3.8, 4) is 0 Å². The quantitative estimate of drug-likeness (QED) is 0.356. The maximum absolute atomic E-state index is 12.8. The van der Waals surface area contributed by atoms with E-state index in [0.29, 0.717) is 6.07 Å². The molecule has 1 aromatic carbocycles. The summed E-state index contributed by atoms with van der Waals surface area (Å²) in [6.07, 6.45) is -4.60. The molecule has 1 rings (SSSR count). The molecular weight excluding hydrogens is 254 g/mol. The Bertz CT molecular complexity index is 391. The van der Waals surface area contributed by atoms with Crippen molar-refractivity contribution in [2.45, 2.75) is 6.18 Å². The SMILES string of the molecule is Fc1cc(NC(=S)Cl)cc(C(F)(F)F)c1. The molecule has 0 aliphatic heterocycles. The second kappa shape index (κ2) is 4.32. The number of benzene rings is 1. The molecule has 1 N–H and O–H groups in total. The van der Waals surface area contributed by atoms with Crippen molar-refractivity contribution in [3.05, 3.63) is 29.6 Å². The molecule has 0 unspecified atom stereocenters. The lowest BCUT2D eigenvalue weighted by Crippen LogP contribution is -2.08. The summed E-state index contributed by atoms with van der Waals surface area (Å²) in [6.45, 7) is 0. The highest BCUT2D eigenvalue weighted by atomic mass is 35.5. The van der Waals surface area contributed by atoms with Gasteiger partial charge >= 0.3 is 6.18 Å². The number of anilines is 1. The molecule has 1 aromatic rings. The van der Waals surface area contributed by atoms with Crippen molar-refractivity contribution in [2.75, 3.05) is 5.32 Å².